The van der Waals surface area contributed by atoms with Crippen LogP contribution in [0.5, 0.6) is 0 Å². The number of hydrogen-bond acceptors (Lipinski definition) is 5. The van der Waals surface area contributed by atoms with Gasteiger partial charge >= 0.3 is 0 Å². The van der Waals surface area contributed by atoms with E-state index in [1.807, 2.05) is 39.7 Å². The Bertz CT molecular complexity index is 1190. The van der Waals surface area contributed by atoms with Gasteiger partial charge in [0, 0.05) is 41.2 Å². The van der Waals surface area contributed by atoms with Gasteiger partial charge in [0.15, 0.2) is 0 Å². The number of aliphatic hydroxyl groups is 1. The minimum absolute atomic E-state index is 0.156. The molecule has 0 radical (unpaired) electrons. The second-order valence-electron chi connectivity index (χ2n) is 8.39. The van der Waals surface area contributed by atoms with E-state index in [4.69, 9.17) is 11.6 Å². The van der Waals surface area contributed by atoms with Gasteiger partial charge in [-0.25, -0.2) is 4.99 Å². The van der Waals surface area contributed by atoms with Crippen molar-refractivity contribution in [1.82, 2.24) is 3.96 Å². The highest BCUT2D eigenvalue weighted by Gasteiger charge is 2.28. The average Bonchev–Trinajstić information content (AvgIpc) is 3.25. The first kappa shape index (κ1) is 26.9. The fraction of sp³-hybridized carbons (Fsp3) is 0.370. The molecule has 1 atom stereocenters. The summed E-state index contributed by atoms with van der Waals surface area (Å²) in [6.45, 7) is 3.13. The number of benzodiazepines with no additional fused rings is 1. The van der Waals surface area contributed by atoms with E-state index in [0.717, 1.165) is 24.1 Å². The number of aliphatic imine (C=N–C) groups is 1. The summed E-state index contributed by atoms with van der Waals surface area (Å²) in [4.78, 5) is 28.8. The summed E-state index contributed by atoms with van der Waals surface area (Å²) < 4.78 is 1.83. The van der Waals surface area contributed by atoms with Gasteiger partial charge in [0.25, 0.3) is 11.5 Å². The number of halogens is 1. The van der Waals surface area contributed by atoms with Crippen LogP contribution in [0.2, 0.25) is 5.02 Å². The molecule has 2 aromatic carbocycles. The van der Waals surface area contributed by atoms with Crippen LogP contribution in [-0.2, 0) is 11.3 Å². The third kappa shape index (κ3) is 7.37. The SMILES string of the molecule is CCCCCCCCn1sccc1=O.CN1C(=O)C(O)N=C(c2ccccc2)c2cc(Cl)ccc21. The Balaban J connectivity index is 0.000000214. The van der Waals surface area contributed by atoms with Crippen LogP contribution in [0, 0.1) is 0 Å². The monoisotopic (exact) mass is 513 g/mol. The Hall–Kier alpha value is -2.74. The van der Waals surface area contributed by atoms with Crippen molar-refractivity contribution in [2.24, 2.45) is 4.99 Å². The summed E-state index contributed by atoms with van der Waals surface area (Å²) in [5, 5.41) is 12.4. The fourth-order valence-corrected chi connectivity index (χ4v) is 4.75. The summed E-state index contributed by atoms with van der Waals surface area (Å²) >= 11 is 7.60. The van der Waals surface area contributed by atoms with Gasteiger partial charge in [-0.3, -0.25) is 13.5 Å². The van der Waals surface area contributed by atoms with E-state index in [1.165, 1.54) is 48.5 Å². The van der Waals surface area contributed by atoms with E-state index in [9.17, 15) is 14.7 Å². The minimum Gasteiger partial charge on any atom is -0.364 e. The summed E-state index contributed by atoms with van der Waals surface area (Å²) in [5.41, 5.74) is 2.93. The molecule has 1 aliphatic heterocycles. The first-order chi connectivity index (χ1) is 16.9. The quantitative estimate of drug-likeness (QED) is 0.390. The molecule has 0 bridgehead atoms. The summed E-state index contributed by atoms with van der Waals surface area (Å²) in [6.07, 6.45) is 6.28. The zero-order valence-corrected chi connectivity index (χ0v) is 21.8. The van der Waals surface area contributed by atoms with Crippen LogP contribution in [0.3, 0.4) is 0 Å². The topological polar surface area (TPSA) is 74.9 Å². The second-order valence-corrected chi connectivity index (χ2v) is 9.75. The molecule has 8 heteroatoms. The van der Waals surface area contributed by atoms with E-state index in [2.05, 4.69) is 11.9 Å². The molecule has 0 fully saturated rings. The zero-order chi connectivity index (χ0) is 25.2. The molecule has 1 N–H and O–H groups in total. The molecule has 0 spiro atoms. The van der Waals surface area contributed by atoms with Gasteiger partial charge in [0.2, 0.25) is 6.23 Å². The molecule has 2 heterocycles. The third-order valence-electron chi connectivity index (χ3n) is 5.78. The molecule has 3 aromatic rings. The van der Waals surface area contributed by atoms with Gasteiger partial charge in [-0.2, -0.15) is 0 Å². The predicted octanol–water partition coefficient (Wildman–Crippen LogP) is 5.74. The lowest BCUT2D eigenvalue weighted by Gasteiger charge is -2.18. The van der Waals surface area contributed by atoms with Gasteiger partial charge in [-0.1, -0.05) is 92.5 Å². The summed E-state index contributed by atoms with van der Waals surface area (Å²) in [7, 11) is 1.61. The van der Waals surface area contributed by atoms with Crippen LogP contribution in [-0.4, -0.2) is 34.0 Å². The number of benzene rings is 2. The Kier molecular flexibility index (Phi) is 10.3. The van der Waals surface area contributed by atoms with Crippen molar-refractivity contribution in [2.75, 3.05) is 11.9 Å². The molecule has 0 saturated carbocycles. The number of hydrogen-bond donors (Lipinski definition) is 1. The molecule has 35 heavy (non-hydrogen) atoms. The van der Waals surface area contributed by atoms with Crippen LogP contribution in [0.4, 0.5) is 5.69 Å². The third-order valence-corrected chi connectivity index (χ3v) is 6.89. The Morgan fingerprint density at radius 2 is 1.71 bits per heavy atom. The molecule has 1 aromatic heterocycles. The number of unbranched alkanes of at least 4 members (excludes halogenated alkanes) is 5. The number of fused-ring (bicyclic) bond motifs is 1. The van der Waals surface area contributed by atoms with Crippen molar-refractivity contribution in [3.63, 3.8) is 0 Å². The molecular weight excluding hydrogens is 482 g/mol. The molecular formula is C27H32ClN3O3S. The Morgan fingerprint density at radius 3 is 2.40 bits per heavy atom. The molecule has 1 aliphatic rings. The van der Waals surface area contributed by atoms with Crippen LogP contribution >= 0.6 is 23.1 Å². The predicted molar refractivity (Wildman–Crippen MR) is 145 cm³/mol. The van der Waals surface area contributed by atoms with Crippen molar-refractivity contribution in [2.45, 2.75) is 58.2 Å². The van der Waals surface area contributed by atoms with Gasteiger partial charge in [0.05, 0.1) is 11.4 Å². The largest absolute Gasteiger partial charge is 0.364 e. The number of carbonyl (C=O) groups excluding carboxylic acids is 1. The Labute approximate surface area is 215 Å². The number of nitrogens with zero attached hydrogens (tertiary/aromatic N) is 3. The number of amides is 1. The fourth-order valence-electron chi connectivity index (χ4n) is 3.85. The van der Waals surface area contributed by atoms with Gasteiger partial charge < -0.3 is 10.0 Å². The number of likely N-dealkylation sites (N-methyl/N-ethyl adjacent to an activating group) is 1. The first-order valence-electron chi connectivity index (χ1n) is 12.0. The van der Waals surface area contributed by atoms with Crippen LogP contribution in [0.1, 0.15) is 56.6 Å². The summed E-state index contributed by atoms with van der Waals surface area (Å²) in [6, 6.07) is 16.3. The van der Waals surface area contributed by atoms with E-state index in [-0.39, 0.29) is 5.56 Å². The number of anilines is 1. The molecule has 186 valence electrons. The summed E-state index contributed by atoms with van der Waals surface area (Å²) in [5.74, 6) is -0.468. The van der Waals surface area contributed by atoms with E-state index < -0.39 is 12.1 Å². The van der Waals surface area contributed by atoms with Crippen molar-refractivity contribution in [1.29, 1.82) is 0 Å². The number of aliphatic hydroxyl groups excluding tert-OH is 1. The number of aromatic nitrogens is 1. The lowest BCUT2D eigenvalue weighted by atomic mass is 10.0. The van der Waals surface area contributed by atoms with Crippen LogP contribution in [0.25, 0.3) is 0 Å². The minimum atomic E-state index is -1.42. The number of aryl methyl sites for hydroxylation is 1. The van der Waals surface area contributed by atoms with Gasteiger partial charge in [-0.15, -0.1) is 0 Å². The lowest BCUT2D eigenvalue weighted by Crippen LogP contribution is -2.34. The molecule has 1 unspecified atom stereocenters. The van der Waals surface area contributed by atoms with Gasteiger partial charge in [0.1, 0.15) is 0 Å². The molecule has 1 amide bonds. The second kappa shape index (κ2) is 13.4. The van der Waals surface area contributed by atoms with Crippen molar-refractivity contribution in [3.8, 4) is 0 Å². The van der Waals surface area contributed by atoms with E-state index in [0.29, 0.717) is 16.4 Å². The normalized spacial score (nSPS) is 15.1. The Morgan fingerprint density at radius 1 is 1.00 bits per heavy atom. The number of carbonyl (C=O) groups is 1. The van der Waals surface area contributed by atoms with Crippen LogP contribution < -0.4 is 10.5 Å². The highest BCUT2D eigenvalue weighted by molar-refractivity contribution is 7.04. The highest BCUT2D eigenvalue weighted by Crippen LogP contribution is 2.29. The van der Waals surface area contributed by atoms with Gasteiger partial charge in [-0.05, 0) is 24.6 Å². The van der Waals surface area contributed by atoms with Crippen molar-refractivity contribution >= 4 is 40.4 Å². The van der Waals surface area contributed by atoms with Crippen molar-refractivity contribution < 1.29 is 9.90 Å². The smallest absolute Gasteiger partial charge is 0.278 e. The van der Waals surface area contributed by atoms with Crippen LogP contribution in [0.15, 0.2) is 69.8 Å². The lowest BCUT2D eigenvalue weighted by molar-refractivity contribution is -0.125. The highest BCUT2D eigenvalue weighted by atomic mass is 35.5. The van der Waals surface area contributed by atoms with E-state index in [1.54, 1.807) is 31.3 Å². The molecule has 6 nitrogen and oxygen atoms in total. The molecule has 0 aliphatic carbocycles. The molecule has 4 rings (SSSR count). The first-order valence-corrected chi connectivity index (χ1v) is 13.2. The standard InChI is InChI=1S/C16H13ClN2O2.C11H19NOS/c1-19-13-8-7-11(17)9-12(13)14(18-15(20)16(19)21)10-5-3-2-4-6-10;1-2-3-4-5-6-7-9-12-11(13)8-10-14-12/h2-9,15,20H,1H3;8,10H,2-7,9H2,1H3. The maximum absolute atomic E-state index is 12.1. The van der Waals surface area contributed by atoms with Crippen molar-refractivity contribution in [3.05, 3.63) is 86.5 Å². The maximum atomic E-state index is 12.1. The number of rotatable bonds is 8. The maximum Gasteiger partial charge on any atom is 0.278 e. The van der Waals surface area contributed by atoms with E-state index >= 15 is 0 Å². The average molecular weight is 514 g/mol. The zero-order valence-electron chi connectivity index (χ0n) is 20.2. The molecule has 0 saturated heterocycles.